The number of nitrogens with one attached hydrogen (secondary N) is 1. The van der Waals surface area contributed by atoms with Crippen molar-refractivity contribution in [3.63, 3.8) is 0 Å². The van der Waals surface area contributed by atoms with Crippen LogP contribution in [-0.4, -0.2) is 32.6 Å². The normalized spacial score (nSPS) is 9.83. The fourth-order valence-corrected chi connectivity index (χ4v) is 1.86. The molecule has 23 heavy (non-hydrogen) atoms. The van der Waals surface area contributed by atoms with Crippen molar-refractivity contribution in [3.8, 4) is 17.2 Å². The lowest BCUT2D eigenvalue weighted by atomic mass is 10.2. The number of ether oxygens (including phenoxy) is 3. The van der Waals surface area contributed by atoms with Gasteiger partial charge in [-0.25, -0.2) is 4.79 Å². The molecule has 0 radical (unpaired) electrons. The minimum atomic E-state index is -0.587. The molecule has 0 aliphatic heterocycles. The van der Waals surface area contributed by atoms with Gasteiger partial charge in [-0.05, 0) is 36.4 Å². The number of rotatable bonds is 6. The Kier molecular flexibility index (Phi) is 5.57. The number of amides is 1. The van der Waals surface area contributed by atoms with E-state index in [-0.39, 0.29) is 12.5 Å². The van der Waals surface area contributed by atoms with Crippen LogP contribution in [0.15, 0.2) is 48.5 Å². The molecule has 0 fully saturated rings. The van der Waals surface area contributed by atoms with Gasteiger partial charge in [-0.15, -0.1) is 0 Å². The lowest BCUT2D eigenvalue weighted by molar-refractivity contribution is -0.133. The number of benzene rings is 2. The zero-order valence-electron chi connectivity index (χ0n) is 12.9. The molecule has 2 aromatic carbocycles. The van der Waals surface area contributed by atoms with Crippen molar-refractivity contribution >= 4 is 11.9 Å². The highest BCUT2D eigenvalue weighted by molar-refractivity contribution is 5.96. The lowest BCUT2D eigenvalue weighted by Gasteiger charge is -2.09. The van der Waals surface area contributed by atoms with Crippen LogP contribution >= 0.6 is 0 Å². The zero-order valence-corrected chi connectivity index (χ0v) is 12.9. The molecule has 0 aliphatic carbocycles. The maximum absolute atomic E-state index is 11.9. The highest BCUT2D eigenvalue weighted by atomic mass is 16.6. The Balaban J connectivity index is 1.89. The highest BCUT2D eigenvalue weighted by Crippen LogP contribution is 2.25. The van der Waals surface area contributed by atoms with Crippen LogP contribution in [0.25, 0.3) is 0 Å². The monoisotopic (exact) mass is 315 g/mol. The van der Waals surface area contributed by atoms with Crippen molar-refractivity contribution < 1.29 is 23.8 Å². The predicted octanol–water partition coefficient (Wildman–Crippen LogP) is 2.04. The van der Waals surface area contributed by atoms with Crippen LogP contribution in [0.2, 0.25) is 0 Å². The molecule has 0 saturated heterocycles. The minimum absolute atomic E-state index is 0.247. The molecule has 0 atom stereocenters. The summed E-state index contributed by atoms with van der Waals surface area (Å²) in [5.41, 5.74) is 0.427. The molecule has 0 bridgehead atoms. The van der Waals surface area contributed by atoms with Crippen LogP contribution in [0, 0.1) is 0 Å². The summed E-state index contributed by atoms with van der Waals surface area (Å²) in [5.74, 6) is 0.444. The summed E-state index contributed by atoms with van der Waals surface area (Å²) in [6, 6.07) is 13.3. The molecule has 0 heterocycles. The lowest BCUT2D eigenvalue weighted by Crippen LogP contribution is -2.31. The van der Waals surface area contributed by atoms with E-state index in [0.29, 0.717) is 22.8 Å². The van der Waals surface area contributed by atoms with Crippen molar-refractivity contribution in [3.05, 3.63) is 54.1 Å². The number of hydrogen-bond acceptors (Lipinski definition) is 5. The van der Waals surface area contributed by atoms with Crippen molar-refractivity contribution in [2.75, 3.05) is 20.8 Å². The molecule has 0 spiro atoms. The van der Waals surface area contributed by atoms with Gasteiger partial charge in [0.15, 0.2) is 11.5 Å². The average molecular weight is 315 g/mol. The van der Waals surface area contributed by atoms with Crippen LogP contribution in [-0.2, 0) is 4.79 Å². The third-order valence-corrected chi connectivity index (χ3v) is 3.04. The summed E-state index contributed by atoms with van der Waals surface area (Å²) >= 11 is 0. The summed E-state index contributed by atoms with van der Waals surface area (Å²) in [6.45, 7) is -0.247. The first kappa shape index (κ1) is 16.4. The second-order valence-corrected chi connectivity index (χ2v) is 4.54. The Labute approximate surface area is 134 Å². The van der Waals surface area contributed by atoms with Crippen LogP contribution in [0.5, 0.6) is 17.2 Å². The van der Waals surface area contributed by atoms with Crippen LogP contribution in [0.3, 0.4) is 0 Å². The van der Waals surface area contributed by atoms with Gasteiger partial charge < -0.3 is 19.5 Å². The Morgan fingerprint density at radius 2 is 1.57 bits per heavy atom. The maximum Gasteiger partial charge on any atom is 0.330 e. The fourth-order valence-electron chi connectivity index (χ4n) is 1.86. The van der Waals surface area contributed by atoms with Gasteiger partial charge >= 0.3 is 5.97 Å². The molecule has 1 N–H and O–H groups in total. The second-order valence-electron chi connectivity index (χ2n) is 4.54. The SMILES string of the molecule is COc1ccc(C(=O)NCC(=O)Oc2ccccc2OC)cc1. The molecule has 1 amide bonds. The molecule has 6 heteroatoms. The number of carbonyl (C=O) groups is 2. The summed E-state index contributed by atoms with van der Waals surface area (Å²) in [5, 5.41) is 2.50. The van der Waals surface area contributed by atoms with Gasteiger partial charge in [0.25, 0.3) is 5.91 Å². The number of hydrogen-bond donors (Lipinski definition) is 1. The summed E-state index contributed by atoms with van der Waals surface area (Å²) in [6.07, 6.45) is 0. The number of para-hydroxylation sites is 2. The third kappa shape index (κ3) is 4.47. The van der Waals surface area contributed by atoms with E-state index < -0.39 is 5.97 Å². The van der Waals surface area contributed by atoms with Gasteiger partial charge in [0.1, 0.15) is 12.3 Å². The molecule has 6 nitrogen and oxygen atoms in total. The van der Waals surface area contributed by atoms with Crippen LogP contribution < -0.4 is 19.5 Å². The standard InChI is InChI=1S/C17H17NO5/c1-21-13-9-7-12(8-10-13)17(20)18-11-16(19)23-15-6-4-3-5-14(15)22-2/h3-10H,11H2,1-2H3,(H,18,20). The van der Waals surface area contributed by atoms with Crippen LogP contribution in [0.4, 0.5) is 0 Å². The average Bonchev–Trinajstić information content (AvgIpc) is 2.60. The summed E-state index contributed by atoms with van der Waals surface area (Å²) < 4.78 is 15.3. The number of esters is 1. The van der Waals surface area contributed by atoms with E-state index in [1.165, 1.54) is 7.11 Å². The molecule has 120 valence electrons. The second kappa shape index (κ2) is 7.84. The van der Waals surface area contributed by atoms with E-state index in [4.69, 9.17) is 14.2 Å². The molecule has 2 rings (SSSR count). The van der Waals surface area contributed by atoms with Crippen molar-refractivity contribution in [2.45, 2.75) is 0 Å². The highest BCUT2D eigenvalue weighted by Gasteiger charge is 2.12. The van der Waals surface area contributed by atoms with E-state index in [1.807, 2.05) is 0 Å². The largest absolute Gasteiger partial charge is 0.497 e. The van der Waals surface area contributed by atoms with Gasteiger partial charge in [-0.3, -0.25) is 4.79 Å². The van der Waals surface area contributed by atoms with Crippen molar-refractivity contribution in [1.82, 2.24) is 5.32 Å². The predicted molar refractivity (Wildman–Crippen MR) is 84.0 cm³/mol. The molecule has 0 aliphatic rings. The first-order valence-electron chi connectivity index (χ1n) is 6.90. The quantitative estimate of drug-likeness (QED) is 0.652. The van der Waals surface area contributed by atoms with E-state index in [2.05, 4.69) is 5.32 Å². The van der Waals surface area contributed by atoms with E-state index in [9.17, 15) is 9.59 Å². The molecule has 0 aromatic heterocycles. The summed E-state index contributed by atoms with van der Waals surface area (Å²) in [4.78, 5) is 23.7. The fraction of sp³-hybridized carbons (Fsp3) is 0.176. The first-order valence-corrected chi connectivity index (χ1v) is 6.90. The Morgan fingerprint density at radius 1 is 0.913 bits per heavy atom. The number of methoxy groups -OCH3 is 2. The Bertz CT molecular complexity index is 682. The molecular weight excluding hydrogens is 298 g/mol. The zero-order chi connectivity index (χ0) is 16.7. The minimum Gasteiger partial charge on any atom is -0.497 e. The van der Waals surface area contributed by atoms with Gasteiger partial charge in [0.05, 0.1) is 14.2 Å². The smallest absolute Gasteiger partial charge is 0.330 e. The summed E-state index contributed by atoms with van der Waals surface area (Å²) in [7, 11) is 3.03. The van der Waals surface area contributed by atoms with Crippen molar-refractivity contribution in [1.29, 1.82) is 0 Å². The molecular formula is C17H17NO5. The first-order chi connectivity index (χ1) is 11.1. The number of carbonyl (C=O) groups excluding carboxylic acids is 2. The van der Waals surface area contributed by atoms with E-state index in [0.717, 1.165) is 0 Å². The van der Waals surface area contributed by atoms with Gasteiger partial charge in [0, 0.05) is 5.56 Å². The van der Waals surface area contributed by atoms with E-state index in [1.54, 1.807) is 55.6 Å². The topological polar surface area (TPSA) is 73.9 Å². The van der Waals surface area contributed by atoms with Gasteiger partial charge in [-0.2, -0.15) is 0 Å². The van der Waals surface area contributed by atoms with Gasteiger partial charge in [0.2, 0.25) is 0 Å². The van der Waals surface area contributed by atoms with Crippen molar-refractivity contribution in [2.24, 2.45) is 0 Å². The molecule has 0 saturated carbocycles. The molecule has 2 aromatic rings. The molecule has 0 unspecified atom stereocenters. The van der Waals surface area contributed by atoms with Crippen LogP contribution in [0.1, 0.15) is 10.4 Å². The van der Waals surface area contributed by atoms with E-state index >= 15 is 0 Å². The third-order valence-electron chi connectivity index (χ3n) is 3.04. The Morgan fingerprint density at radius 3 is 2.17 bits per heavy atom. The van der Waals surface area contributed by atoms with Gasteiger partial charge in [-0.1, -0.05) is 12.1 Å². The Hall–Kier alpha value is -3.02. The maximum atomic E-state index is 11.9.